The Labute approximate surface area is 322 Å². The van der Waals surface area contributed by atoms with Gasteiger partial charge in [0.15, 0.2) is 0 Å². The fourth-order valence-corrected chi connectivity index (χ4v) is 7.93. The van der Waals surface area contributed by atoms with E-state index < -0.39 is 0 Å². The number of hydrogen-bond donors (Lipinski definition) is 0. The van der Waals surface area contributed by atoms with Gasteiger partial charge >= 0.3 is 0 Å². The zero-order valence-corrected chi connectivity index (χ0v) is 34.2. The summed E-state index contributed by atoms with van der Waals surface area (Å²) in [6, 6.07) is 30.7. The van der Waals surface area contributed by atoms with Crippen molar-refractivity contribution < 1.29 is 4.74 Å². The molecule has 278 valence electrons. The highest BCUT2D eigenvalue weighted by Crippen LogP contribution is 2.43. The first kappa shape index (κ1) is 37.2. The van der Waals surface area contributed by atoms with Crippen LogP contribution in [0.25, 0.3) is 44.4 Å². The molecular weight excluding hydrogens is 661 g/mol. The number of ether oxygens (including phenoxy) is 1. The van der Waals surface area contributed by atoms with Crippen LogP contribution in [0.15, 0.2) is 91.1 Å². The van der Waals surface area contributed by atoms with Gasteiger partial charge in [0.25, 0.3) is 0 Å². The molecule has 7 rings (SSSR count). The molecular formula is C49H56N4O. The van der Waals surface area contributed by atoms with Gasteiger partial charge in [0, 0.05) is 40.4 Å². The molecule has 3 aromatic heterocycles. The Morgan fingerprint density at radius 3 is 1.81 bits per heavy atom. The molecule has 0 aliphatic heterocycles. The van der Waals surface area contributed by atoms with E-state index >= 15 is 0 Å². The molecule has 54 heavy (non-hydrogen) atoms. The van der Waals surface area contributed by atoms with E-state index in [1.165, 1.54) is 49.7 Å². The van der Waals surface area contributed by atoms with E-state index in [-0.39, 0.29) is 0 Å². The summed E-state index contributed by atoms with van der Waals surface area (Å²) >= 11 is 0. The molecule has 7 aromatic rings. The maximum Gasteiger partial charge on any atom is 0.137 e. The fraction of sp³-hybridized carbons (Fsp3) is 0.347. The van der Waals surface area contributed by atoms with E-state index in [9.17, 15) is 0 Å². The number of pyridine rings is 1. The van der Waals surface area contributed by atoms with Crippen molar-refractivity contribution in [2.75, 3.05) is 0 Å². The Kier molecular flexibility index (Phi) is 10.0. The van der Waals surface area contributed by atoms with Gasteiger partial charge in [0.1, 0.15) is 17.3 Å². The first-order valence-electron chi connectivity index (χ1n) is 19.8. The van der Waals surface area contributed by atoms with Crippen molar-refractivity contribution in [2.45, 2.75) is 113 Å². The second-order valence-electron chi connectivity index (χ2n) is 16.6. The largest absolute Gasteiger partial charge is 0.457 e. The van der Waals surface area contributed by atoms with Crippen LogP contribution in [0.5, 0.6) is 11.5 Å². The molecule has 0 bridgehead atoms. The monoisotopic (exact) mass is 716 g/mol. The lowest BCUT2D eigenvalue weighted by molar-refractivity contribution is 0.481. The average molecular weight is 717 g/mol. The molecule has 0 fully saturated rings. The molecule has 0 aliphatic carbocycles. The van der Waals surface area contributed by atoms with Gasteiger partial charge in [0.2, 0.25) is 0 Å². The number of hydrogen-bond acceptors (Lipinski definition) is 3. The maximum atomic E-state index is 6.81. The summed E-state index contributed by atoms with van der Waals surface area (Å²) < 4.78 is 11.2. The van der Waals surface area contributed by atoms with Crippen LogP contribution in [0.2, 0.25) is 0 Å². The molecule has 3 heterocycles. The van der Waals surface area contributed by atoms with E-state index in [1.807, 2.05) is 6.20 Å². The Bertz CT molecular complexity index is 2460. The minimum atomic E-state index is 0.303. The number of aryl methyl sites for hydroxylation is 1. The van der Waals surface area contributed by atoms with Gasteiger partial charge < -0.3 is 4.74 Å². The highest BCUT2D eigenvalue weighted by Gasteiger charge is 2.25. The molecule has 4 aromatic carbocycles. The van der Waals surface area contributed by atoms with Crippen molar-refractivity contribution in [3.05, 3.63) is 130 Å². The van der Waals surface area contributed by atoms with Crippen LogP contribution in [0, 0.1) is 13.8 Å². The van der Waals surface area contributed by atoms with Gasteiger partial charge in [-0.1, -0.05) is 99.6 Å². The van der Waals surface area contributed by atoms with Crippen LogP contribution in [-0.2, 0) is 0 Å². The maximum absolute atomic E-state index is 6.81. The van der Waals surface area contributed by atoms with E-state index in [0.717, 1.165) is 45.4 Å². The fourth-order valence-electron chi connectivity index (χ4n) is 7.93. The molecule has 0 atom stereocenters. The zero-order valence-electron chi connectivity index (χ0n) is 34.2. The molecule has 0 unspecified atom stereocenters. The van der Waals surface area contributed by atoms with Gasteiger partial charge in [-0.05, 0) is 119 Å². The first-order chi connectivity index (χ1) is 25.7. The summed E-state index contributed by atoms with van der Waals surface area (Å²) in [6.45, 7) is 27.1. The zero-order chi connectivity index (χ0) is 38.6. The predicted molar refractivity (Wildman–Crippen MR) is 228 cm³/mol. The summed E-state index contributed by atoms with van der Waals surface area (Å²) in [7, 11) is 0. The molecule has 5 nitrogen and oxygen atoms in total. The van der Waals surface area contributed by atoms with E-state index in [2.05, 4.69) is 177 Å². The Hall–Kier alpha value is -5.16. The third-order valence-corrected chi connectivity index (χ3v) is 11.0. The minimum absolute atomic E-state index is 0.303. The molecule has 0 saturated heterocycles. The van der Waals surface area contributed by atoms with Crippen LogP contribution < -0.4 is 4.74 Å². The lowest BCUT2D eigenvalue weighted by Crippen LogP contribution is -2.05. The normalized spacial score (nSPS) is 12.2. The third kappa shape index (κ3) is 6.74. The van der Waals surface area contributed by atoms with Crippen LogP contribution in [-0.4, -0.2) is 19.3 Å². The molecule has 0 N–H and O–H groups in total. The summed E-state index contributed by atoms with van der Waals surface area (Å²) in [5, 5.41) is 7.61. The van der Waals surface area contributed by atoms with Gasteiger partial charge in [-0.2, -0.15) is 5.10 Å². The van der Waals surface area contributed by atoms with Crippen molar-refractivity contribution in [2.24, 2.45) is 0 Å². The van der Waals surface area contributed by atoms with Gasteiger partial charge in [0.05, 0.1) is 22.4 Å². The van der Waals surface area contributed by atoms with E-state index in [0.29, 0.717) is 29.6 Å². The van der Waals surface area contributed by atoms with Crippen molar-refractivity contribution in [1.29, 1.82) is 0 Å². The lowest BCUT2D eigenvalue weighted by Gasteiger charge is -2.23. The summed E-state index contributed by atoms with van der Waals surface area (Å²) in [5.74, 6) is 4.42. The lowest BCUT2D eigenvalue weighted by atomic mass is 9.81. The molecule has 0 radical (unpaired) electrons. The number of rotatable bonds is 10. The SMILES string of the molecule is Cc1nn(-c2cc(Oc3ccc4c5ccccc5n(-c5cc(C(C)C)ccn5)c4c3)cc(C(C)C)c2)c(C)c1-c1c(C(C)C)cc(C(C)C)cc1C(C)C. The highest BCUT2D eigenvalue weighted by atomic mass is 16.5. The van der Waals surface area contributed by atoms with Crippen molar-refractivity contribution in [3.63, 3.8) is 0 Å². The van der Waals surface area contributed by atoms with Crippen molar-refractivity contribution in [1.82, 2.24) is 19.3 Å². The Balaban J connectivity index is 1.35. The number of nitrogens with zero attached hydrogens (tertiary/aromatic N) is 4. The van der Waals surface area contributed by atoms with E-state index in [4.69, 9.17) is 14.8 Å². The predicted octanol–water partition coefficient (Wildman–Crippen LogP) is 14.1. The number of aromatic nitrogens is 4. The smallest absolute Gasteiger partial charge is 0.137 e. The number of para-hydroxylation sites is 1. The average Bonchev–Trinajstić information content (AvgIpc) is 3.62. The van der Waals surface area contributed by atoms with Gasteiger partial charge in [-0.25, -0.2) is 9.67 Å². The second kappa shape index (κ2) is 14.6. The van der Waals surface area contributed by atoms with Crippen LogP contribution in [0.4, 0.5) is 0 Å². The van der Waals surface area contributed by atoms with Crippen molar-refractivity contribution in [3.8, 4) is 34.1 Å². The second-order valence-corrected chi connectivity index (χ2v) is 16.6. The molecule has 0 aliphatic rings. The summed E-state index contributed by atoms with van der Waals surface area (Å²) in [6.07, 6.45) is 1.92. The van der Waals surface area contributed by atoms with E-state index in [1.54, 1.807) is 0 Å². The van der Waals surface area contributed by atoms with Crippen LogP contribution in [0.3, 0.4) is 0 Å². The van der Waals surface area contributed by atoms with Gasteiger partial charge in [-0.3, -0.25) is 4.57 Å². The Morgan fingerprint density at radius 1 is 0.537 bits per heavy atom. The summed E-state index contributed by atoms with van der Waals surface area (Å²) in [5.41, 5.74) is 14.6. The topological polar surface area (TPSA) is 44.9 Å². The molecule has 0 amide bonds. The summed E-state index contributed by atoms with van der Waals surface area (Å²) in [4.78, 5) is 4.85. The van der Waals surface area contributed by atoms with Crippen LogP contribution in [0.1, 0.15) is 138 Å². The highest BCUT2D eigenvalue weighted by molar-refractivity contribution is 6.09. The van der Waals surface area contributed by atoms with Crippen molar-refractivity contribution >= 4 is 21.8 Å². The Morgan fingerprint density at radius 2 is 1.17 bits per heavy atom. The minimum Gasteiger partial charge on any atom is -0.457 e. The quantitative estimate of drug-likeness (QED) is 0.142. The van der Waals surface area contributed by atoms with Gasteiger partial charge in [-0.15, -0.1) is 0 Å². The standard InChI is InChI=1S/C49H56N4O/c1-28(2)35-19-20-50-47(25-35)52-45-16-14-13-15-41(45)42-18-17-39(27-46(42)52)54-40-22-36(29(3)4)21-38(26-40)53-34(12)48(33(11)51-53)49-43(31(7)8)23-37(30(5)6)24-44(49)32(9)10/h13-32H,1-12H3. The third-order valence-electron chi connectivity index (χ3n) is 11.0. The molecule has 0 saturated carbocycles. The number of benzene rings is 4. The number of fused-ring (bicyclic) bond motifs is 3. The van der Waals surface area contributed by atoms with Crippen LogP contribution >= 0.6 is 0 Å². The molecule has 5 heteroatoms. The molecule has 0 spiro atoms. The first-order valence-corrected chi connectivity index (χ1v) is 19.8.